The topological polar surface area (TPSA) is 113 Å². The Morgan fingerprint density at radius 3 is 2.68 bits per heavy atom. The van der Waals surface area contributed by atoms with Crippen LogP contribution >= 0.6 is 11.8 Å². The molecule has 2 amide bonds. The average Bonchev–Trinajstić information content (AvgIpc) is 3.54. The van der Waals surface area contributed by atoms with Gasteiger partial charge in [-0.05, 0) is 79.0 Å². The molecule has 2 N–H and O–H groups in total. The number of piperidine rings is 1. The van der Waals surface area contributed by atoms with Crippen molar-refractivity contribution in [1.82, 2.24) is 25.6 Å². The summed E-state index contributed by atoms with van der Waals surface area (Å²) in [6.45, 7) is 2.36. The van der Waals surface area contributed by atoms with E-state index in [0.717, 1.165) is 43.8 Å². The number of amides is 2. The monoisotopic (exact) mass is 544 g/mol. The number of carbonyl (C=O) groups excluding carboxylic acids is 2. The number of aromatic nitrogens is 3. The van der Waals surface area contributed by atoms with Gasteiger partial charge >= 0.3 is 6.18 Å². The predicted octanol–water partition coefficient (Wildman–Crippen LogP) is 4.48. The van der Waals surface area contributed by atoms with Gasteiger partial charge in [0.05, 0.1) is 16.9 Å². The molecule has 38 heavy (non-hydrogen) atoms. The van der Waals surface area contributed by atoms with Crippen molar-refractivity contribution in [2.24, 2.45) is 5.92 Å². The van der Waals surface area contributed by atoms with Gasteiger partial charge in [0.1, 0.15) is 11.4 Å². The highest BCUT2D eigenvalue weighted by Crippen LogP contribution is 2.31. The second kappa shape index (κ2) is 11.0. The van der Waals surface area contributed by atoms with E-state index in [-0.39, 0.29) is 22.9 Å². The van der Waals surface area contributed by atoms with Crippen LogP contribution in [-0.4, -0.2) is 45.7 Å². The molecule has 2 fully saturated rings. The summed E-state index contributed by atoms with van der Waals surface area (Å²) in [5.41, 5.74) is 0.210. The van der Waals surface area contributed by atoms with Gasteiger partial charge in [0, 0.05) is 25.8 Å². The number of nitrogens with zero attached hydrogens (tertiary/aromatic N) is 4. The Labute approximate surface area is 219 Å². The molecule has 198 valence electrons. The molecule has 2 aliphatic heterocycles. The first-order valence-corrected chi connectivity index (χ1v) is 12.7. The lowest BCUT2D eigenvalue weighted by molar-refractivity contribution is -0.141. The number of carbonyl (C=O) groups is 2. The number of imide groups is 1. The maximum atomic E-state index is 13.4. The summed E-state index contributed by atoms with van der Waals surface area (Å²) in [4.78, 5) is 38.1. The largest absolute Gasteiger partial charge is 0.463 e. The highest BCUT2D eigenvalue weighted by atomic mass is 32.2. The van der Waals surface area contributed by atoms with E-state index in [9.17, 15) is 22.8 Å². The molecule has 0 aromatic carbocycles. The number of anilines is 1. The van der Waals surface area contributed by atoms with Crippen molar-refractivity contribution in [3.05, 3.63) is 64.6 Å². The standard InChI is InChI=1S/C25H23F3N6O3S/c26-25(27,28)21-11-16(10-18(32-21)19-2-1-9-37-19)14-29-13-15-4-7-34(8-5-15)23-30-6-3-17(31-23)12-20-22(35)33-24(36)38-20/h1-3,6,9-12,15,29H,4-5,7-8,13-14H2,(H,33,35,36)/b20-12-. The van der Waals surface area contributed by atoms with E-state index in [2.05, 4.69) is 30.5 Å². The van der Waals surface area contributed by atoms with Crippen molar-refractivity contribution < 1.29 is 27.2 Å². The van der Waals surface area contributed by atoms with Crippen LogP contribution < -0.4 is 15.5 Å². The number of furan rings is 1. The minimum atomic E-state index is -4.56. The molecule has 3 aromatic rings. The summed E-state index contributed by atoms with van der Waals surface area (Å²) in [7, 11) is 0. The number of alkyl halides is 3. The fraction of sp³-hybridized carbons (Fsp3) is 0.320. The van der Waals surface area contributed by atoms with Crippen LogP contribution in [0.1, 0.15) is 29.8 Å². The number of hydrogen-bond donors (Lipinski definition) is 2. The number of rotatable bonds is 7. The zero-order valence-corrected chi connectivity index (χ0v) is 20.8. The lowest BCUT2D eigenvalue weighted by Crippen LogP contribution is -2.38. The number of pyridine rings is 1. The normalized spacial score (nSPS) is 17.9. The molecule has 2 saturated heterocycles. The molecule has 2 aliphatic rings. The molecule has 0 aliphatic carbocycles. The fourth-order valence-corrected chi connectivity index (χ4v) is 4.96. The second-order valence-electron chi connectivity index (χ2n) is 8.92. The van der Waals surface area contributed by atoms with E-state index in [0.29, 0.717) is 29.7 Å². The third kappa shape index (κ3) is 6.22. The first kappa shape index (κ1) is 25.9. The molecule has 5 rings (SSSR count). The summed E-state index contributed by atoms with van der Waals surface area (Å²) < 4.78 is 45.4. The fourth-order valence-electron chi connectivity index (χ4n) is 4.29. The van der Waals surface area contributed by atoms with E-state index in [4.69, 9.17) is 4.42 Å². The van der Waals surface area contributed by atoms with Crippen LogP contribution in [0.25, 0.3) is 17.5 Å². The molecule has 5 heterocycles. The van der Waals surface area contributed by atoms with E-state index >= 15 is 0 Å². The Morgan fingerprint density at radius 2 is 2.00 bits per heavy atom. The average molecular weight is 545 g/mol. The Bertz CT molecular complexity index is 1350. The predicted molar refractivity (Wildman–Crippen MR) is 135 cm³/mol. The number of thioether (sulfide) groups is 1. The Morgan fingerprint density at radius 1 is 1.18 bits per heavy atom. The maximum Gasteiger partial charge on any atom is 0.433 e. The van der Waals surface area contributed by atoms with E-state index in [1.165, 1.54) is 6.26 Å². The maximum absolute atomic E-state index is 13.4. The van der Waals surface area contributed by atoms with Gasteiger partial charge in [-0.15, -0.1) is 0 Å². The van der Waals surface area contributed by atoms with Crippen LogP contribution in [0.3, 0.4) is 0 Å². The highest BCUT2D eigenvalue weighted by molar-refractivity contribution is 8.18. The molecule has 0 bridgehead atoms. The third-order valence-corrected chi connectivity index (χ3v) is 7.00. The van der Waals surface area contributed by atoms with E-state index in [1.54, 1.807) is 36.5 Å². The zero-order chi connectivity index (χ0) is 26.7. The van der Waals surface area contributed by atoms with Crippen LogP contribution in [-0.2, 0) is 17.5 Å². The van der Waals surface area contributed by atoms with Gasteiger partial charge in [-0.2, -0.15) is 13.2 Å². The second-order valence-corrected chi connectivity index (χ2v) is 9.93. The molecule has 0 radical (unpaired) electrons. The first-order valence-electron chi connectivity index (χ1n) is 11.9. The van der Waals surface area contributed by atoms with Crippen LogP contribution in [0.15, 0.2) is 52.1 Å². The summed E-state index contributed by atoms with van der Waals surface area (Å²) in [5, 5.41) is 5.09. The van der Waals surface area contributed by atoms with Crippen molar-refractivity contribution in [1.29, 1.82) is 0 Å². The Balaban J connectivity index is 1.16. The van der Waals surface area contributed by atoms with Crippen LogP contribution in [0, 0.1) is 5.92 Å². The van der Waals surface area contributed by atoms with Gasteiger partial charge in [0.2, 0.25) is 5.95 Å². The van der Waals surface area contributed by atoms with Gasteiger partial charge in [-0.25, -0.2) is 15.0 Å². The summed E-state index contributed by atoms with van der Waals surface area (Å²) in [6.07, 6.45) is 1.73. The third-order valence-electron chi connectivity index (χ3n) is 6.19. The molecule has 0 saturated carbocycles. The van der Waals surface area contributed by atoms with Gasteiger partial charge in [-0.1, -0.05) is 0 Å². The summed E-state index contributed by atoms with van der Waals surface area (Å²) in [5.74, 6) is 0.732. The van der Waals surface area contributed by atoms with Crippen molar-refractivity contribution in [2.45, 2.75) is 25.6 Å². The zero-order valence-electron chi connectivity index (χ0n) is 20.0. The molecule has 0 spiro atoms. The Kier molecular flexibility index (Phi) is 7.47. The highest BCUT2D eigenvalue weighted by Gasteiger charge is 2.33. The van der Waals surface area contributed by atoms with Gasteiger partial charge < -0.3 is 14.6 Å². The van der Waals surface area contributed by atoms with Crippen LogP contribution in [0.5, 0.6) is 0 Å². The lowest BCUT2D eigenvalue weighted by atomic mass is 9.97. The molecular weight excluding hydrogens is 521 g/mol. The minimum Gasteiger partial charge on any atom is -0.463 e. The van der Waals surface area contributed by atoms with Crippen LogP contribution in [0.4, 0.5) is 23.9 Å². The van der Waals surface area contributed by atoms with Crippen molar-refractivity contribution in [3.8, 4) is 11.5 Å². The molecular formula is C25H23F3N6O3S. The molecule has 0 atom stereocenters. The number of halogens is 3. The van der Waals surface area contributed by atoms with Crippen molar-refractivity contribution in [3.63, 3.8) is 0 Å². The van der Waals surface area contributed by atoms with Crippen LogP contribution in [0.2, 0.25) is 0 Å². The van der Waals surface area contributed by atoms with Crippen molar-refractivity contribution in [2.75, 3.05) is 24.5 Å². The molecule has 13 heteroatoms. The lowest BCUT2D eigenvalue weighted by Gasteiger charge is -2.32. The van der Waals surface area contributed by atoms with Crippen molar-refractivity contribution >= 4 is 34.9 Å². The first-order chi connectivity index (χ1) is 18.2. The molecule has 9 nitrogen and oxygen atoms in total. The van der Waals surface area contributed by atoms with E-state index in [1.807, 2.05) is 0 Å². The van der Waals surface area contributed by atoms with Gasteiger partial charge in [0.15, 0.2) is 5.76 Å². The smallest absolute Gasteiger partial charge is 0.433 e. The summed E-state index contributed by atoms with van der Waals surface area (Å²) in [6, 6.07) is 7.52. The quantitative estimate of drug-likeness (QED) is 0.416. The van der Waals surface area contributed by atoms with Gasteiger partial charge in [0.25, 0.3) is 11.1 Å². The minimum absolute atomic E-state index is 0.145. The van der Waals surface area contributed by atoms with E-state index < -0.39 is 23.0 Å². The Hall–Kier alpha value is -3.71. The van der Waals surface area contributed by atoms with Gasteiger partial charge in [-0.3, -0.25) is 14.9 Å². The SMILES string of the molecule is O=C1NC(=O)/C(=C/c2ccnc(N3CCC(CNCc4cc(-c5ccco5)nc(C(F)(F)F)c4)CC3)n2)S1. The molecule has 3 aromatic heterocycles. The number of hydrogen-bond acceptors (Lipinski definition) is 9. The number of nitrogens with one attached hydrogen (secondary N) is 2. The molecule has 0 unspecified atom stereocenters. The summed E-state index contributed by atoms with van der Waals surface area (Å²) >= 11 is 0.835.